The first kappa shape index (κ1) is 29.9. The van der Waals surface area contributed by atoms with Crippen molar-refractivity contribution in [2.75, 3.05) is 0 Å². The largest absolute Gasteiger partial charge is 1.00 e. The smallest absolute Gasteiger partial charge is 0.548 e. The van der Waals surface area contributed by atoms with Crippen LogP contribution >= 0.6 is 23.2 Å². The molecule has 1 aromatic heterocycles. The summed E-state index contributed by atoms with van der Waals surface area (Å²) in [5.41, 5.74) is 1.42. The molecule has 1 N–H and O–H groups in total. The van der Waals surface area contributed by atoms with Crippen molar-refractivity contribution < 1.29 is 78.9 Å². The number of carbonyl (C=O) groups is 2. The Kier molecular flexibility index (Phi) is 14.1. The molecule has 0 bridgehead atoms. The molecule has 0 aliphatic carbocycles. The third kappa shape index (κ3) is 9.59. The van der Waals surface area contributed by atoms with Crippen LogP contribution in [0.15, 0.2) is 30.7 Å². The zero-order valence-corrected chi connectivity index (χ0v) is 23.0. The molecule has 0 unspecified atom stereocenters. The fourth-order valence-electron chi connectivity index (χ4n) is 2.93. The minimum Gasteiger partial charge on any atom is -0.548 e. The number of halogens is 2. The number of aliphatic carboxylic acids is 2. The fourth-order valence-corrected chi connectivity index (χ4v) is 3.50. The summed E-state index contributed by atoms with van der Waals surface area (Å²) in [5, 5.41) is 26.5. The van der Waals surface area contributed by atoms with Crippen molar-refractivity contribution in [1.29, 1.82) is 0 Å². The number of imidazole rings is 1. The molecule has 0 aliphatic heterocycles. The standard InChI is InChI=1S/C19H23Cl2N3O4.2Na/c1-11(2)3-16(18(25)26)23-17(19(27)28)7-15-8-22-10-24(15)9-12-4-13(20)6-14(21)5-12;;/h4-6,8,10-11,16-17,23H,3,7,9H2,1-2H3,(H,25,26)(H,27,28);;/q;2*+1/p-2/t16-,17-;;/m0../s1. The second-order valence-electron chi connectivity index (χ2n) is 7.03. The molecule has 7 nitrogen and oxygen atoms in total. The van der Waals surface area contributed by atoms with E-state index < -0.39 is 24.0 Å². The monoisotopic (exact) mass is 471 g/mol. The van der Waals surface area contributed by atoms with Gasteiger partial charge < -0.3 is 29.7 Å². The molecule has 11 heteroatoms. The molecule has 0 aliphatic rings. The summed E-state index contributed by atoms with van der Waals surface area (Å²) >= 11 is 12.0. The van der Waals surface area contributed by atoms with E-state index in [4.69, 9.17) is 23.2 Å². The number of nitrogens with zero attached hydrogens (tertiary/aromatic N) is 2. The number of carbonyl (C=O) groups excluding carboxylic acids is 2. The molecule has 152 valence electrons. The number of hydrogen-bond donors (Lipinski definition) is 1. The third-order valence-electron chi connectivity index (χ3n) is 4.17. The Bertz CT molecular complexity index is 829. The Morgan fingerprint density at radius 1 is 1.07 bits per heavy atom. The zero-order valence-electron chi connectivity index (χ0n) is 17.5. The van der Waals surface area contributed by atoms with Crippen molar-refractivity contribution in [3.8, 4) is 0 Å². The molecular formula is C19H21Cl2N3Na2O4. The van der Waals surface area contributed by atoms with Gasteiger partial charge in [0.1, 0.15) is 0 Å². The van der Waals surface area contributed by atoms with E-state index in [0.717, 1.165) is 5.56 Å². The summed E-state index contributed by atoms with van der Waals surface area (Å²) < 4.78 is 1.75. The van der Waals surface area contributed by atoms with Crippen molar-refractivity contribution in [2.45, 2.75) is 45.3 Å². The van der Waals surface area contributed by atoms with Gasteiger partial charge in [0.25, 0.3) is 0 Å². The average molecular weight is 472 g/mol. The van der Waals surface area contributed by atoms with Crippen LogP contribution in [0.3, 0.4) is 0 Å². The van der Waals surface area contributed by atoms with Crippen LogP contribution in [0.1, 0.15) is 31.5 Å². The molecule has 0 fully saturated rings. The molecule has 2 atom stereocenters. The Morgan fingerprint density at radius 3 is 2.13 bits per heavy atom. The summed E-state index contributed by atoms with van der Waals surface area (Å²) in [4.78, 5) is 27.0. The summed E-state index contributed by atoms with van der Waals surface area (Å²) in [6.45, 7) is 4.07. The fraction of sp³-hybridized carbons (Fsp3) is 0.421. The van der Waals surface area contributed by atoms with Crippen LogP contribution in [-0.2, 0) is 22.6 Å². The van der Waals surface area contributed by atoms with Gasteiger partial charge in [0.05, 0.1) is 24.3 Å². The van der Waals surface area contributed by atoms with E-state index in [1.54, 1.807) is 29.1 Å². The van der Waals surface area contributed by atoms with E-state index in [0.29, 0.717) is 22.3 Å². The van der Waals surface area contributed by atoms with Gasteiger partial charge in [0.15, 0.2) is 0 Å². The third-order valence-corrected chi connectivity index (χ3v) is 4.60. The van der Waals surface area contributed by atoms with Gasteiger partial charge >= 0.3 is 59.1 Å². The van der Waals surface area contributed by atoms with Gasteiger partial charge in [-0.3, -0.25) is 0 Å². The molecule has 1 aromatic carbocycles. The minimum absolute atomic E-state index is 0. The maximum atomic E-state index is 11.6. The second-order valence-corrected chi connectivity index (χ2v) is 7.91. The molecule has 0 radical (unpaired) electrons. The van der Waals surface area contributed by atoms with Crippen LogP contribution in [-0.4, -0.2) is 33.6 Å². The molecule has 2 aromatic rings. The van der Waals surface area contributed by atoms with Crippen LogP contribution in [0.4, 0.5) is 0 Å². The molecule has 0 spiro atoms. The number of benzene rings is 1. The first-order chi connectivity index (χ1) is 13.2. The second kappa shape index (κ2) is 14.1. The molecule has 0 saturated heterocycles. The van der Waals surface area contributed by atoms with Crippen molar-refractivity contribution in [2.24, 2.45) is 5.92 Å². The van der Waals surface area contributed by atoms with E-state index in [1.807, 2.05) is 13.8 Å². The van der Waals surface area contributed by atoms with Gasteiger partial charge in [-0.25, -0.2) is 4.98 Å². The number of hydrogen-bond acceptors (Lipinski definition) is 6. The van der Waals surface area contributed by atoms with Gasteiger partial charge in [0.2, 0.25) is 0 Å². The summed E-state index contributed by atoms with van der Waals surface area (Å²) in [6.07, 6.45) is 3.33. The molecule has 1 heterocycles. The summed E-state index contributed by atoms with van der Waals surface area (Å²) in [7, 11) is 0. The van der Waals surface area contributed by atoms with E-state index in [1.165, 1.54) is 6.20 Å². The number of carboxylic acids is 2. The Morgan fingerprint density at radius 2 is 1.63 bits per heavy atom. The first-order valence-corrected chi connectivity index (χ1v) is 9.53. The van der Waals surface area contributed by atoms with Crippen LogP contribution in [0, 0.1) is 5.92 Å². The quantitative estimate of drug-likeness (QED) is 0.346. The zero-order chi connectivity index (χ0) is 20.8. The number of nitrogens with one attached hydrogen (secondary N) is 1. The Labute approximate surface area is 230 Å². The SMILES string of the molecule is CC(C)C[C@H](N[C@@H](Cc1cncn1Cc1cc(Cl)cc(Cl)c1)C(=O)[O-])C(=O)[O-].[Na+].[Na+]. The van der Waals surface area contributed by atoms with Crippen LogP contribution < -0.4 is 74.6 Å². The normalized spacial score (nSPS) is 12.6. The Balaban J connectivity index is 0.00000420. The first-order valence-electron chi connectivity index (χ1n) is 8.77. The van der Waals surface area contributed by atoms with Gasteiger partial charge in [0, 0.05) is 40.9 Å². The van der Waals surface area contributed by atoms with Crippen LogP contribution in [0.25, 0.3) is 0 Å². The molecule has 0 saturated carbocycles. The van der Waals surface area contributed by atoms with Crippen LogP contribution in [0.5, 0.6) is 0 Å². The summed E-state index contributed by atoms with van der Waals surface area (Å²) in [5.74, 6) is -2.69. The van der Waals surface area contributed by atoms with Crippen molar-refractivity contribution in [1.82, 2.24) is 14.9 Å². The molecule has 0 amide bonds. The van der Waals surface area contributed by atoms with Gasteiger partial charge in [-0.05, 0) is 36.1 Å². The molecule has 30 heavy (non-hydrogen) atoms. The van der Waals surface area contributed by atoms with Gasteiger partial charge in [-0.1, -0.05) is 37.0 Å². The topological polar surface area (TPSA) is 110 Å². The van der Waals surface area contributed by atoms with Crippen molar-refractivity contribution >= 4 is 35.1 Å². The number of rotatable bonds is 10. The number of aromatic nitrogens is 2. The summed E-state index contributed by atoms with van der Waals surface area (Å²) in [6, 6.07) is 2.82. The van der Waals surface area contributed by atoms with E-state index in [9.17, 15) is 19.8 Å². The predicted molar refractivity (Wildman–Crippen MR) is 102 cm³/mol. The van der Waals surface area contributed by atoms with Crippen LogP contribution in [0.2, 0.25) is 10.0 Å². The van der Waals surface area contributed by atoms with E-state index >= 15 is 0 Å². The van der Waals surface area contributed by atoms with Crippen molar-refractivity contribution in [3.05, 3.63) is 52.0 Å². The van der Waals surface area contributed by atoms with E-state index in [-0.39, 0.29) is 77.9 Å². The van der Waals surface area contributed by atoms with Crippen molar-refractivity contribution in [3.63, 3.8) is 0 Å². The van der Waals surface area contributed by atoms with E-state index in [2.05, 4.69) is 10.3 Å². The minimum atomic E-state index is -1.39. The average Bonchev–Trinajstić information content (AvgIpc) is 2.98. The van der Waals surface area contributed by atoms with Gasteiger partial charge in [-0.15, -0.1) is 0 Å². The maximum Gasteiger partial charge on any atom is 1.00 e. The molecule has 2 rings (SSSR count). The Hall–Kier alpha value is -0.0900. The number of carboxylic acid groups (broad SMARTS) is 2. The van der Waals surface area contributed by atoms with Gasteiger partial charge in [-0.2, -0.15) is 0 Å². The molecular weight excluding hydrogens is 451 g/mol. The predicted octanol–water partition coefficient (Wildman–Crippen LogP) is -5.34. The maximum absolute atomic E-state index is 11.6.